The Morgan fingerprint density at radius 2 is 1.96 bits per heavy atom. The van der Waals surface area contributed by atoms with Gasteiger partial charge in [0.1, 0.15) is 5.82 Å². The molecule has 0 bridgehead atoms. The number of urea groups is 1. The lowest BCUT2D eigenvalue weighted by atomic mass is 10.2. The topological polar surface area (TPSA) is 90.2 Å². The molecule has 2 aromatic rings. The fourth-order valence-corrected chi connectivity index (χ4v) is 2.63. The van der Waals surface area contributed by atoms with Crippen molar-refractivity contribution in [2.45, 2.75) is 25.4 Å². The Morgan fingerprint density at radius 3 is 2.62 bits per heavy atom. The van der Waals surface area contributed by atoms with Crippen LogP contribution in [0.15, 0.2) is 29.1 Å². The zero-order chi connectivity index (χ0) is 18.5. The molecule has 2 N–H and O–H groups in total. The van der Waals surface area contributed by atoms with Gasteiger partial charge in [-0.05, 0) is 37.1 Å². The average Bonchev–Trinajstić information content (AvgIpc) is 3.41. The molecule has 1 saturated carbocycles. The van der Waals surface area contributed by atoms with Crippen LogP contribution in [0.1, 0.15) is 18.9 Å². The average molecular weight is 363 g/mol. The number of halogens is 1. The number of aromatic nitrogens is 3. The number of ether oxygens (including phenoxy) is 1. The van der Waals surface area contributed by atoms with Crippen LogP contribution in [0.2, 0.25) is 0 Å². The van der Waals surface area contributed by atoms with E-state index in [9.17, 15) is 14.0 Å². The van der Waals surface area contributed by atoms with Crippen LogP contribution < -0.4 is 16.3 Å². The molecule has 3 rings (SSSR count). The van der Waals surface area contributed by atoms with Gasteiger partial charge in [0.15, 0.2) is 5.82 Å². The predicted molar refractivity (Wildman–Crippen MR) is 93.4 cm³/mol. The minimum atomic E-state index is -0.336. The van der Waals surface area contributed by atoms with E-state index in [-0.39, 0.29) is 36.7 Å². The predicted octanol–water partition coefficient (Wildman–Crippen LogP) is 1.13. The van der Waals surface area contributed by atoms with Crippen molar-refractivity contribution in [3.05, 3.63) is 40.6 Å². The van der Waals surface area contributed by atoms with E-state index in [4.69, 9.17) is 4.74 Å². The fraction of sp³-hybridized carbons (Fsp3) is 0.471. The van der Waals surface area contributed by atoms with E-state index in [1.165, 1.54) is 16.8 Å². The summed E-state index contributed by atoms with van der Waals surface area (Å²) in [6, 6.07) is 5.74. The second-order valence-electron chi connectivity index (χ2n) is 6.11. The highest BCUT2D eigenvalue weighted by molar-refractivity contribution is 5.73. The Balaban J connectivity index is 1.68. The summed E-state index contributed by atoms with van der Waals surface area (Å²) in [7, 11) is 1.56. The Morgan fingerprint density at radius 1 is 1.27 bits per heavy atom. The van der Waals surface area contributed by atoms with Crippen LogP contribution >= 0.6 is 0 Å². The first-order valence-corrected chi connectivity index (χ1v) is 8.56. The number of nitrogens with one attached hydrogen (secondary N) is 2. The van der Waals surface area contributed by atoms with Gasteiger partial charge in [0.25, 0.3) is 0 Å². The molecule has 1 heterocycles. The van der Waals surface area contributed by atoms with Crippen LogP contribution in [0.25, 0.3) is 11.4 Å². The van der Waals surface area contributed by atoms with E-state index >= 15 is 0 Å². The second kappa shape index (κ2) is 8.13. The maximum Gasteiger partial charge on any atom is 0.346 e. The summed E-state index contributed by atoms with van der Waals surface area (Å²) in [6.07, 6.45) is 1.86. The fourth-order valence-electron chi connectivity index (χ4n) is 2.63. The molecule has 0 radical (unpaired) electrons. The molecule has 1 fully saturated rings. The summed E-state index contributed by atoms with van der Waals surface area (Å²) in [5.41, 5.74) is 0.479. The van der Waals surface area contributed by atoms with Crippen molar-refractivity contribution in [1.82, 2.24) is 25.0 Å². The molecule has 1 aliphatic rings. The highest BCUT2D eigenvalue weighted by Gasteiger charge is 2.30. The summed E-state index contributed by atoms with van der Waals surface area (Å²) < 4.78 is 21.0. The molecule has 0 spiro atoms. The molecule has 8 nitrogen and oxygen atoms in total. The molecule has 9 heteroatoms. The maximum absolute atomic E-state index is 13.2. The molecule has 0 atom stereocenters. The lowest BCUT2D eigenvalue weighted by Gasteiger charge is -2.06. The van der Waals surface area contributed by atoms with Crippen molar-refractivity contribution in [1.29, 1.82) is 0 Å². The summed E-state index contributed by atoms with van der Waals surface area (Å²) in [6.45, 7) is 1.36. The van der Waals surface area contributed by atoms with Gasteiger partial charge in [-0.2, -0.15) is 0 Å². The summed E-state index contributed by atoms with van der Waals surface area (Å²) in [5.74, 6) is 0.194. The van der Waals surface area contributed by atoms with Gasteiger partial charge in [-0.1, -0.05) is 0 Å². The van der Waals surface area contributed by atoms with Crippen LogP contribution in [0.4, 0.5) is 9.18 Å². The highest BCUT2D eigenvalue weighted by Crippen LogP contribution is 2.36. The first-order chi connectivity index (χ1) is 12.6. The van der Waals surface area contributed by atoms with Crippen molar-refractivity contribution < 1.29 is 13.9 Å². The summed E-state index contributed by atoms with van der Waals surface area (Å²) in [4.78, 5) is 24.3. The molecule has 140 valence electrons. The van der Waals surface area contributed by atoms with Crippen LogP contribution in [0, 0.1) is 5.82 Å². The number of hydrogen-bond donors (Lipinski definition) is 2. The van der Waals surface area contributed by atoms with E-state index in [2.05, 4.69) is 15.7 Å². The van der Waals surface area contributed by atoms with E-state index in [0.29, 0.717) is 24.5 Å². The largest absolute Gasteiger partial charge is 0.383 e. The smallest absolute Gasteiger partial charge is 0.346 e. The summed E-state index contributed by atoms with van der Waals surface area (Å²) >= 11 is 0. The number of carbonyl (C=O) groups is 1. The molecular formula is C17H22FN5O3. The van der Waals surface area contributed by atoms with E-state index in [1.54, 1.807) is 23.8 Å². The number of carbonyl (C=O) groups excluding carboxylic acids is 1. The van der Waals surface area contributed by atoms with E-state index in [1.807, 2.05) is 0 Å². The van der Waals surface area contributed by atoms with Gasteiger partial charge in [0, 0.05) is 31.8 Å². The number of methoxy groups -OCH3 is 1. The van der Waals surface area contributed by atoms with Gasteiger partial charge in [-0.25, -0.2) is 18.7 Å². The number of benzene rings is 1. The van der Waals surface area contributed by atoms with Crippen molar-refractivity contribution in [3.63, 3.8) is 0 Å². The van der Waals surface area contributed by atoms with Crippen LogP contribution in [-0.4, -0.2) is 47.2 Å². The Bertz CT molecular complexity index is 811. The number of nitrogens with zero attached hydrogens (tertiary/aromatic N) is 3. The molecule has 0 saturated heterocycles. The Hall–Kier alpha value is -2.68. The minimum absolute atomic E-state index is 0.140. The molecule has 26 heavy (non-hydrogen) atoms. The molecule has 0 aliphatic heterocycles. The molecule has 2 amide bonds. The van der Waals surface area contributed by atoms with Gasteiger partial charge in [0.05, 0.1) is 13.2 Å². The second-order valence-corrected chi connectivity index (χ2v) is 6.11. The SMILES string of the molecule is COCCNC(=O)NCCn1nc(-c2ccc(F)cc2)n(C2CC2)c1=O. The third-order valence-corrected chi connectivity index (χ3v) is 4.09. The maximum atomic E-state index is 13.2. The van der Waals surface area contributed by atoms with Crippen molar-refractivity contribution in [3.8, 4) is 11.4 Å². The normalized spacial score (nSPS) is 13.6. The zero-order valence-electron chi connectivity index (χ0n) is 14.6. The first-order valence-electron chi connectivity index (χ1n) is 8.56. The first kappa shape index (κ1) is 18.1. The Kier molecular flexibility index (Phi) is 5.67. The number of amides is 2. The summed E-state index contributed by atoms with van der Waals surface area (Å²) in [5, 5.41) is 9.71. The van der Waals surface area contributed by atoms with Gasteiger partial charge >= 0.3 is 11.7 Å². The molecule has 0 unspecified atom stereocenters. The third kappa shape index (κ3) is 4.29. The van der Waals surface area contributed by atoms with Gasteiger partial charge in [0.2, 0.25) is 0 Å². The quantitative estimate of drug-likeness (QED) is 0.688. The van der Waals surface area contributed by atoms with Crippen LogP contribution in [0.5, 0.6) is 0 Å². The van der Waals surface area contributed by atoms with E-state index in [0.717, 1.165) is 12.8 Å². The van der Waals surface area contributed by atoms with Gasteiger partial charge < -0.3 is 15.4 Å². The minimum Gasteiger partial charge on any atom is -0.383 e. The van der Waals surface area contributed by atoms with Crippen molar-refractivity contribution in [2.75, 3.05) is 26.8 Å². The number of rotatable bonds is 8. The molecule has 1 aromatic carbocycles. The zero-order valence-corrected chi connectivity index (χ0v) is 14.6. The van der Waals surface area contributed by atoms with Crippen LogP contribution in [0.3, 0.4) is 0 Å². The molecule has 1 aliphatic carbocycles. The Labute approximate surface area is 150 Å². The molecular weight excluding hydrogens is 341 g/mol. The monoisotopic (exact) mass is 363 g/mol. The van der Waals surface area contributed by atoms with Crippen LogP contribution in [-0.2, 0) is 11.3 Å². The van der Waals surface area contributed by atoms with Gasteiger partial charge in [-0.15, -0.1) is 5.10 Å². The highest BCUT2D eigenvalue weighted by atomic mass is 19.1. The van der Waals surface area contributed by atoms with Crippen molar-refractivity contribution in [2.24, 2.45) is 0 Å². The number of hydrogen-bond acceptors (Lipinski definition) is 4. The lowest BCUT2D eigenvalue weighted by Crippen LogP contribution is -2.39. The third-order valence-electron chi connectivity index (χ3n) is 4.09. The van der Waals surface area contributed by atoms with Gasteiger partial charge in [-0.3, -0.25) is 4.57 Å². The van der Waals surface area contributed by atoms with Crippen molar-refractivity contribution >= 4 is 6.03 Å². The van der Waals surface area contributed by atoms with E-state index < -0.39 is 0 Å². The molecule has 1 aromatic heterocycles. The standard InChI is InChI=1S/C17H22FN5O3/c1-26-11-9-20-16(24)19-8-10-22-17(25)23(14-6-7-14)15(21-22)12-2-4-13(18)5-3-12/h2-5,14H,6-11H2,1H3,(H2,19,20,24). The lowest BCUT2D eigenvalue weighted by molar-refractivity contribution is 0.196.